The first-order chi connectivity index (χ1) is 7.10. The van der Waals surface area contributed by atoms with Gasteiger partial charge in [0, 0.05) is 5.56 Å². The van der Waals surface area contributed by atoms with Crippen LogP contribution >= 0.6 is 0 Å². The molecule has 1 atom stereocenters. The number of aliphatic hydroxyl groups is 1. The molecule has 0 spiro atoms. The van der Waals surface area contributed by atoms with Crippen molar-refractivity contribution >= 4 is 0 Å². The first-order valence-electron chi connectivity index (χ1n) is 4.42. The number of aliphatic hydroxyl groups excluding tert-OH is 1. The fourth-order valence-corrected chi connectivity index (χ4v) is 1.30. The molecule has 3 nitrogen and oxygen atoms in total. The lowest BCUT2D eigenvalue weighted by Crippen LogP contribution is -2.16. The van der Waals surface area contributed by atoms with Crippen molar-refractivity contribution in [1.82, 2.24) is 0 Å². The van der Waals surface area contributed by atoms with Gasteiger partial charge in [-0.25, -0.2) is 8.78 Å². The maximum atomic E-state index is 12.6. The summed E-state index contributed by atoms with van der Waals surface area (Å²) in [7, 11) is 1.44. The molecule has 0 bridgehead atoms. The van der Waals surface area contributed by atoms with Crippen LogP contribution in [0.3, 0.4) is 0 Å². The molecular formula is C10H13F2NO2. The second-order valence-electron chi connectivity index (χ2n) is 3.08. The molecule has 0 radical (unpaired) electrons. The Labute approximate surface area is 86.5 Å². The van der Waals surface area contributed by atoms with Crippen LogP contribution in [0.2, 0.25) is 0 Å². The predicted molar refractivity (Wildman–Crippen MR) is 52.0 cm³/mol. The molecule has 0 aliphatic heterocycles. The summed E-state index contributed by atoms with van der Waals surface area (Å²) in [6.07, 6.45) is -2.61. The number of alkyl halides is 2. The number of nitrogens with two attached hydrogens (primary N) is 1. The van der Waals surface area contributed by atoms with E-state index in [2.05, 4.69) is 0 Å². The fourth-order valence-electron chi connectivity index (χ4n) is 1.30. The molecule has 0 amide bonds. The zero-order valence-corrected chi connectivity index (χ0v) is 8.28. The van der Waals surface area contributed by atoms with E-state index in [4.69, 9.17) is 15.6 Å². The third-order valence-corrected chi connectivity index (χ3v) is 2.13. The lowest BCUT2D eigenvalue weighted by molar-refractivity contribution is 0.148. The Balaban J connectivity index is 3.16. The summed E-state index contributed by atoms with van der Waals surface area (Å²) in [4.78, 5) is 0. The van der Waals surface area contributed by atoms with Gasteiger partial charge in [-0.1, -0.05) is 0 Å². The van der Waals surface area contributed by atoms with Crippen molar-refractivity contribution in [3.05, 3.63) is 29.3 Å². The van der Waals surface area contributed by atoms with Crippen molar-refractivity contribution < 1.29 is 18.6 Å². The SMILES string of the molecule is COc1ccc(C(F)F)c(C(N)CO)c1. The third kappa shape index (κ3) is 2.64. The van der Waals surface area contributed by atoms with E-state index >= 15 is 0 Å². The molecule has 1 rings (SSSR count). The van der Waals surface area contributed by atoms with Gasteiger partial charge in [-0.2, -0.15) is 0 Å². The maximum absolute atomic E-state index is 12.6. The molecular weight excluding hydrogens is 204 g/mol. The number of benzene rings is 1. The van der Waals surface area contributed by atoms with Crippen molar-refractivity contribution in [2.45, 2.75) is 12.5 Å². The van der Waals surface area contributed by atoms with E-state index in [1.165, 1.54) is 25.3 Å². The smallest absolute Gasteiger partial charge is 0.264 e. The van der Waals surface area contributed by atoms with Crippen LogP contribution in [-0.2, 0) is 0 Å². The Kier molecular flexibility index (Phi) is 3.99. The van der Waals surface area contributed by atoms with Gasteiger partial charge in [0.2, 0.25) is 0 Å². The van der Waals surface area contributed by atoms with Crippen LogP contribution in [0.5, 0.6) is 5.75 Å². The van der Waals surface area contributed by atoms with Gasteiger partial charge in [0.05, 0.1) is 19.8 Å². The van der Waals surface area contributed by atoms with Crippen molar-refractivity contribution in [3.8, 4) is 5.75 Å². The van der Waals surface area contributed by atoms with Crippen LogP contribution in [0.4, 0.5) is 8.78 Å². The number of methoxy groups -OCH3 is 1. The normalized spacial score (nSPS) is 12.9. The molecule has 0 heterocycles. The third-order valence-electron chi connectivity index (χ3n) is 2.13. The summed E-state index contributed by atoms with van der Waals surface area (Å²) in [5, 5.41) is 8.85. The molecule has 1 aromatic carbocycles. The highest BCUT2D eigenvalue weighted by atomic mass is 19.3. The Morgan fingerprint density at radius 2 is 2.07 bits per heavy atom. The molecule has 0 fully saturated rings. The number of rotatable bonds is 4. The molecule has 5 heteroatoms. The quantitative estimate of drug-likeness (QED) is 0.805. The highest BCUT2D eigenvalue weighted by molar-refractivity contribution is 5.38. The molecule has 0 aliphatic rings. The molecule has 0 aliphatic carbocycles. The van der Waals surface area contributed by atoms with Crippen LogP contribution in [0, 0.1) is 0 Å². The van der Waals surface area contributed by atoms with Crippen LogP contribution in [0.15, 0.2) is 18.2 Å². The van der Waals surface area contributed by atoms with E-state index in [0.717, 1.165) is 0 Å². The number of hydrogen-bond acceptors (Lipinski definition) is 3. The summed E-state index contributed by atoms with van der Waals surface area (Å²) < 4.78 is 30.1. The Hall–Kier alpha value is -1.20. The number of ether oxygens (including phenoxy) is 1. The van der Waals surface area contributed by atoms with Gasteiger partial charge in [0.25, 0.3) is 6.43 Å². The number of hydrogen-bond donors (Lipinski definition) is 2. The van der Waals surface area contributed by atoms with Crippen molar-refractivity contribution in [2.24, 2.45) is 5.73 Å². The zero-order valence-electron chi connectivity index (χ0n) is 8.28. The first kappa shape index (κ1) is 11.9. The molecule has 3 N–H and O–H groups in total. The lowest BCUT2D eigenvalue weighted by atomic mass is 10.0. The van der Waals surface area contributed by atoms with Gasteiger partial charge in [-0.3, -0.25) is 0 Å². The maximum Gasteiger partial charge on any atom is 0.264 e. The second kappa shape index (κ2) is 5.04. The van der Waals surface area contributed by atoms with E-state index in [1.807, 2.05) is 0 Å². The molecule has 15 heavy (non-hydrogen) atoms. The lowest BCUT2D eigenvalue weighted by Gasteiger charge is -2.15. The molecule has 1 unspecified atom stereocenters. The molecule has 0 saturated heterocycles. The van der Waals surface area contributed by atoms with Gasteiger partial charge in [-0.05, 0) is 23.8 Å². The van der Waals surface area contributed by atoms with Crippen LogP contribution in [-0.4, -0.2) is 18.8 Å². The van der Waals surface area contributed by atoms with Crippen molar-refractivity contribution in [1.29, 1.82) is 0 Å². The van der Waals surface area contributed by atoms with E-state index in [0.29, 0.717) is 5.75 Å². The molecule has 0 aromatic heterocycles. The minimum absolute atomic E-state index is 0.169. The number of halogens is 2. The van der Waals surface area contributed by atoms with Gasteiger partial charge >= 0.3 is 0 Å². The summed E-state index contributed by atoms with van der Waals surface area (Å²) in [6.45, 7) is -0.382. The fraction of sp³-hybridized carbons (Fsp3) is 0.400. The minimum Gasteiger partial charge on any atom is -0.497 e. The van der Waals surface area contributed by atoms with Crippen molar-refractivity contribution in [2.75, 3.05) is 13.7 Å². The summed E-state index contributed by atoms with van der Waals surface area (Å²) in [5.74, 6) is 0.443. The average Bonchev–Trinajstić information content (AvgIpc) is 2.26. The van der Waals surface area contributed by atoms with E-state index in [9.17, 15) is 8.78 Å². The summed E-state index contributed by atoms with van der Waals surface area (Å²) in [5.41, 5.74) is 5.56. The minimum atomic E-state index is -2.61. The summed E-state index contributed by atoms with van der Waals surface area (Å²) >= 11 is 0. The van der Waals surface area contributed by atoms with Crippen LogP contribution < -0.4 is 10.5 Å². The molecule has 84 valence electrons. The first-order valence-corrected chi connectivity index (χ1v) is 4.42. The second-order valence-corrected chi connectivity index (χ2v) is 3.08. The Morgan fingerprint density at radius 3 is 2.53 bits per heavy atom. The standard InChI is InChI=1S/C10H13F2NO2/c1-15-6-2-3-7(10(11)12)8(4-6)9(13)5-14/h2-4,9-10,14H,5,13H2,1H3. The summed E-state index contributed by atoms with van der Waals surface area (Å²) in [6, 6.07) is 3.30. The zero-order chi connectivity index (χ0) is 11.4. The largest absolute Gasteiger partial charge is 0.497 e. The van der Waals surface area contributed by atoms with E-state index < -0.39 is 12.5 Å². The average molecular weight is 217 g/mol. The van der Waals surface area contributed by atoms with Gasteiger partial charge in [0.1, 0.15) is 5.75 Å². The molecule has 1 aromatic rings. The molecule has 0 saturated carbocycles. The van der Waals surface area contributed by atoms with Crippen LogP contribution in [0.25, 0.3) is 0 Å². The van der Waals surface area contributed by atoms with Crippen LogP contribution in [0.1, 0.15) is 23.6 Å². The van der Waals surface area contributed by atoms with Gasteiger partial charge in [-0.15, -0.1) is 0 Å². The predicted octanol–water partition coefficient (Wildman–Crippen LogP) is 1.62. The van der Waals surface area contributed by atoms with Gasteiger partial charge in [0.15, 0.2) is 0 Å². The van der Waals surface area contributed by atoms with E-state index in [1.54, 1.807) is 0 Å². The van der Waals surface area contributed by atoms with Crippen molar-refractivity contribution in [3.63, 3.8) is 0 Å². The van der Waals surface area contributed by atoms with Gasteiger partial charge < -0.3 is 15.6 Å². The van der Waals surface area contributed by atoms with E-state index in [-0.39, 0.29) is 17.7 Å². The topological polar surface area (TPSA) is 55.5 Å². The Bertz CT molecular complexity index is 331. The Morgan fingerprint density at radius 1 is 1.40 bits per heavy atom. The highest BCUT2D eigenvalue weighted by Gasteiger charge is 2.17. The monoisotopic (exact) mass is 217 g/mol. The highest BCUT2D eigenvalue weighted by Crippen LogP contribution is 2.29.